The first-order chi connectivity index (χ1) is 13.4. The maximum atomic E-state index is 5.61. The quantitative estimate of drug-likeness (QED) is 0.688. The first-order valence-corrected chi connectivity index (χ1v) is 11.1. The molecule has 0 N–H and O–H groups in total. The molecule has 2 aromatic rings. The summed E-state index contributed by atoms with van der Waals surface area (Å²) in [5.41, 5.74) is 3.46. The normalized spacial score (nSPS) is 19.6. The van der Waals surface area contributed by atoms with Gasteiger partial charge in [0.05, 0.1) is 35.5 Å². The molecule has 0 saturated carbocycles. The van der Waals surface area contributed by atoms with Gasteiger partial charge in [0.2, 0.25) is 0 Å². The summed E-state index contributed by atoms with van der Waals surface area (Å²) < 4.78 is 12.1. The van der Waals surface area contributed by atoms with Crippen LogP contribution in [0.25, 0.3) is 11.0 Å². The lowest BCUT2D eigenvalue weighted by atomic mass is 9.94. The topological polar surface area (TPSA) is 42.8 Å². The van der Waals surface area contributed by atoms with E-state index >= 15 is 0 Å². The van der Waals surface area contributed by atoms with Gasteiger partial charge in [-0.1, -0.05) is 20.8 Å². The molecule has 2 aliphatic heterocycles. The molecule has 2 fully saturated rings. The van der Waals surface area contributed by atoms with Crippen LogP contribution in [0, 0.1) is 5.92 Å². The molecule has 0 atom stereocenters. The maximum absolute atomic E-state index is 5.61. The number of nitrogens with zero attached hydrogens (tertiary/aromatic N) is 4. The molecular formula is C21H32N4O2S. The maximum Gasteiger partial charge on any atom is 0.115 e. The van der Waals surface area contributed by atoms with Crippen LogP contribution in [0.5, 0.6) is 0 Å². The molecule has 0 aliphatic carbocycles. The van der Waals surface area contributed by atoms with Crippen LogP contribution in [0.4, 0.5) is 5.69 Å². The fraction of sp³-hybridized carbons (Fsp3) is 0.667. The van der Waals surface area contributed by atoms with Crippen molar-refractivity contribution in [3.8, 4) is 0 Å². The van der Waals surface area contributed by atoms with Crippen molar-refractivity contribution in [3.63, 3.8) is 0 Å². The van der Waals surface area contributed by atoms with Gasteiger partial charge >= 0.3 is 0 Å². The van der Waals surface area contributed by atoms with Crippen LogP contribution in [-0.4, -0.2) is 47.4 Å². The lowest BCUT2D eigenvalue weighted by Gasteiger charge is -2.26. The number of anilines is 1. The highest BCUT2D eigenvalue weighted by atomic mass is 32.2. The van der Waals surface area contributed by atoms with E-state index in [9.17, 15) is 0 Å². The van der Waals surface area contributed by atoms with E-state index < -0.39 is 0 Å². The second-order valence-corrected chi connectivity index (χ2v) is 9.97. The summed E-state index contributed by atoms with van der Waals surface area (Å²) in [6.07, 6.45) is 3.36. The van der Waals surface area contributed by atoms with Crippen LogP contribution in [0.2, 0.25) is 0 Å². The van der Waals surface area contributed by atoms with Crippen LogP contribution in [-0.2, 0) is 21.5 Å². The first kappa shape index (κ1) is 20.0. The Balaban J connectivity index is 1.63. The van der Waals surface area contributed by atoms with E-state index in [1.54, 1.807) is 12.1 Å². The van der Waals surface area contributed by atoms with Gasteiger partial charge in [0.25, 0.3) is 0 Å². The van der Waals surface area contributed by atoms with E-state index in [1.807, 2.05) is 4.47 Å². The molecule has 0 radical (unpaired) electrons. The molecule has 7 heteroatoms. The second kappa shape index (κ2) is 8.22. The lowest BCUT2D eigenvalue weighted by molar-refractivity contribution is -0.0176. The van der Waals surface area contributed by atoms with Gasteiger partial charge in [-0.15, -0.1) is 4.47 Å². The zero-order valence-corrected chi connectivity index (χ0v) is 18.3. The Hall–Kier alpha value is -1.28. The average Bonchev–Trinajstić information content (AvgIpc) is 3.30. The average molecular weight is 405 g/mol. The molecule has 4 rings (SSSR count). The van der Waals surface area contributed by atoms with E-state index in [1.165, 1.54) is 11.3 Å². The first-order valence-electron chi connectivity index (χ1n) is 10.3. The number of fused-ring (bicyclic) bond motifs is 1. The molecule has 6 nitrogen and oxygen atoms in total. The molecule has 2 saturated heterocycles. The number of hydrogen-bond donors (Lipinski definition) is 0. The van der Waals surface area contributed by atoms with Crippen molar-refractivity contribution in [1.82, 2.24) is 14.0 Å². The molecule has 3 heterocycles. The Morgan fingerprint density at radius 3 is 2.68 bits per heavy atom. The number of imidazole rings is 1. The van der Waals surface area contributed by atoms with Gasteiger partial charge in [-0.25, -0.2) is 4.98 Å². The summed E-state index contributed by atoms with van der Waals surface area (Å²) in [7, 11) is 2.08. The Bertz CT molecular complexity index is 805. The minimum atomic E-state index is 0.00833. The van der Waals surface area contributed by atoms with Crippen molar-refractivity contribution >= 4 is 28.9 Å². The van der Waals surface area contributed by atoms with Crippen molar-refractivity contribution in [2.24, 2.45) is 5.92 Å². The highest BCUT2D eigenvalue weighted by molar-refractivity contribution is 7.98. The minimum Gasteiger partial charge on any atom is -0.381 e. The summed E-state index contributed by atoms with van der Waals surface area (Å²) in [5.74, 6) is 1.83. The second-order valence-electron chi connectivity index (χ2n) is 8.85. The molecular weight excluding hydrogens is 372 g/mol. The fourth-order valence-corrected chi connectivity index (χ4v) is 4.74. The van der Waals surface area contributed by atoms with Gasteiger partial charge in [0.1, 0.15) is 5.82 Å². The van der Waals surface area contributed by atoms with Crippen LogP contribution in [0.3, 0.4) is 0 Å². The molecule has 28 heavy (non-hydrogen) atoms. The SMILES string of the molecule is CN(SN1CCCO1)c1ccc2c(c1)nc(C(C)(C)C)n2CC1CCOCC1. The van der Waals surface area contributed by atoms with Gasteiger partial charge in [0.15, 0.2) is 0 Å². The fourth-order valence-electron chi connectivity index (χ4n) is 3.93. The van der Waals surface area contributed by atoms with Crippen molar-refractivity contribution in [3.05, 3.63) is 24.0 Å². The Kier molecular flexibility index (Phi) is 5.88. The highest BCUT2D eigenvalue weighted by Crippen LogP contribution is 2.33. The van der Waals surface area contributed by atoms with Crippen molar-refractivity contribution < 1.29 is 9.57 Å². The van der Waals surface area contributed by atoms with Crippen LogP contribution < -0.4 is 4.31 Å². The van der Waals surface area contributed by atoms with Crippen molar-refractivity contribution in [2.45, 2.75) is 52.0 Å². The minimum absolute atomic E-state index is 0.00833. The number of ether oxygens (including phenoxy) is 1. The van der Waals surface area contributed by atoms with Crippen molar-refractivity contribution in [1.29, 1.82) is 0 Å². The Morgan fingerprint density at radius 2 is 2.00 bits per heavy atom. The zero-order valence-electron chi connectivity index (χ0n) is 17.5. The van der Waals surface area contributed by atoms with Gasteiger partial charge in [-0.05, 0) is 43.4 Å². The highest BCUT2D eigenvalue weighted by Gasteiger charge is 2.26. The number of benzene rings is 1. The van der Waals surface area contributed by atoms with Gasteiger partial charge < -0.3 is 13.6 Å². The van der Waals surface area contributed by atoms with Gasteiger partial charge in [-0.3, -0.25) is 4.84 Å². The molecule has 1 aromatic heterocycles. The predicted molar refractivity (Wildman–Crippen MR) is 115 cm³/mol. The Labute approximate surface area is 172 Å². The molecule has 0 unspecified atom stereocenters. The van der Waals surface area contributed by atoms with E-state index in [-0.39, 0.29) is 5.41 Å². The number of hydroxylamine groups is 1. The number of aromatic nitrogens is 2. The number of hydrogen-bond acceptors (Lipinski definition) is 6. The van der Waals surface area contributed by atoms with Crippen LogP contribution in [0.15, 0.2) is 18.2 Å². The number of rotatable bonds is 5. The summed E-state index contributed by atoms with van der Waals surface area (Å²) in [4.78, 5) is 10.7. The smallest absolute Gasteiger partial charge is 0.115 e. The van der Waals surface area contributed by atoms with Gasteiger partial charge in [0, 0.05) is 38.8 Å². The molecule has 1 aromatic carbocycles. The summed E-state index contributed by atoms with van der Waals surface area (Å²) >= 11 is 1.61. The monoisotopic (exact) mass is 404 g/mol. The third-order valence-corrected chi connectivity index (χ3v) is 6.41. The lowest BCUT2D eigenvalue weighted by Crippen LogP contribution is -2.25. The third kappa shape index (κ3) is 4.32. The van der Waals surface area contributed by atoms with Crippen LogP contribution in [0.1, 0.15) is 45.9 Å². The van der Waals surface area contributed by atoms with Crippen molar-refractivity contribution in [2.75, 3.05) is 37.7 Å². The molecule has 0 spiro atoms. The predicted octanol–water partition coefficient (Wildman–Crippen LogP) is 4.40. The largest absolute Gasteiger partial charge is 0.381 e. The zero-order chi connectivity index (χ0) is 19.7. The molecule has 2 aliphatic rings. The van der Waals surface area contributed by atoms with E-state index in [0.29, 0.717) is 5.92 Å². The summed E-state index contributed by atoms with van der Waals surface area (Å²) in [6, 6.07) is 6.63. The summed E-state index contributed by atoms with van der Waals surface area (Å²) in [5, 5.41) is 0. The Morgan fingerprint density at radius 1 is 1.21 bits per heavy atom. The van der Waals surface area contributed by atoms with E-state index in [4.69, 9.17) is 14.6 Å². The van der Waals surface area contributed by atoms with Crippen LogP contribution >= 0.6 is 12.1 Å². The summed E-state index contributed by atoms with van der Waals surface area (Å²) in [6.45, 7) is 11.3. The third-order valence-electron chi connectivity index (χ3n) is 5.48. The van der Waals surface area contributed by atoms with Gasteiger partial charge in [-0.2, -0.15) is 0 Å². The molecule has 154 valence electrons. The molecule has 0 amide bonds. The van der Waals surface area contributed by atoms with E-state index in [2.05, 4.69) is 54.9 Å². The van der Waals surface area contributed by atoms with E-state index in [0.717, 1.165) is 63.4 Å². The molecule has 0 bridgehead atoms. The standard InChI is InChI=1S/C21H32N4O2S/c1-21(2,3)20-22-18-14-17(23(4)28-25-10-5-11-27-25)6-7-19(18)24(20)15-16-8-12-26-13-9-16/h6-7,14,16H,5,8-13,15H2,1-4H3.